The number of amides is 3. The number of ether oxygens (including phenoxy) is 1. The zero-order valence-electron chi connectivity index (χ0n) is 18.3. The molecule has 8 nitrogen and oxygen atoms in total. The Hall–Kier alpha value is -3.23. The van der Waals surface area contributed by atoms with Crippen molar-refractivity contribution in [3.05, 3.63) is 59.7 Å². The highest BCUT2D eigenvalue weighted by Crippen LogP contribution is 2.24. The van der Waals surface area contributed by atoms with E-state index in [-0.39, 0.29) is 30.9 Å². The number of benzene rings is 2. The normalized spacial score (nSPS) is 19.5. The molecule has 8 heteroatoms. The van der Waals surface area contributed by atoms with Crippen LogP contribution in [-0.2, 0) is 9.53 Å². The van der Waals surface area contributed by atoms with Crippen LogP contribution in [0.4, 0.5) is 0 Å². The van der Waals surface area contributed by atoms with Crippen LogP contribution < -0.4 is 5.32 Å². The molecule has 2 aromatic carbocycles. The van der Waals surface area contributed by atoms with Crippen molar-refractivity contribution in [3.63, 3.8) is 0 Å². The largest absolute Gasteiger partial charge is 0.376 e. The highest BCUT2D eigenvalue weighted by Gasteiger charge is 2.46. The summed E-state index contributed by atoms with van der Waals surface area (Å²) in [5.41, 5.74) is 1.65. The van der Waals surface area contributed by atoms with Gasteiger partial charge in [-0.15, -0.1) is 0 Å². The number of hydrogen-bond acceptors (Lipinski definition) is 5. The molecule has 1 aliphatic carbocycles. The maximum atomic E-state index is 12.9. The maximum Gasteiger partial charge on any atom is 0.259 e. The zero-order valence-corrected chi connectivity index (χ0v) is 18.3. The SMILES string of the molecule is O=C(NC1CC1)c1cccc(-c2ccc(C(=O)N3CCN(C(=O)C4(O)COC4)CC3)cc2)c1. The van der Waals surface area contributed by atoms with Crippen LogP contribution >= 0.6 is 0 Å². The number of carbonyl (C=O) groups excluding carboxylic acids is 3. The highest BCUT2D eigenvalue weighted by molar-refractivity contribution is 5.97. The van der Waals surface area contributed by atoms with Crippen molar-refractivity contribution in [1.82, 2.24) is 15.1 Å². The molecule has 3 aliphatic rings. The molecule has 2 heterocycles. The second kappa shape index (κ2) is 8.61. The van der Waals surface area contributed by atoms with Crippen molar-refractivity contribution < 1.29 is 24.2 Å². The minimum atomic E-state index is -1.40. The summed E-state index contributed by atoms with van der Waals surface area (Å²) in [6.45, 7) is 1.68. The lowest BCUT2D eigenvalue weighted by atomic mass is 10.00. The highest BCUT2D eigenvalue weighted by atomic mass is 16.5. The molecule has 5 rings (SSSR count). The second-order valence-corrected chi connectivity index (χ2v) is 9.01. The van der Waals surface area contributed by atoms with Gasteiger partial charge in [0.1, 0.15) is 0 Å². The van der Waals surface area contributed by atoms with Gasteiger partial charge in [-0.1, -0.05) is 24.3 Å². The predicted octanol–water partition coefficient (Wildman–Crippen LogP) is 1.29. The van der Waals surface area contributed by atoms with Crippen molar-refractivity contribution >= 4 is 17.7 Å². The molecule has 0 spiro atoms. The van der Waals surface area contributed by atoms with Gasteiger partial charge in [0.15, 0.2) is 5.60 Å². The molecule has 0 unspecified atom stereocenters. The van der Waals surface area contributed by atoms with E-state index in [1.54, 1.807) is 28.0 Å². The molecule has 3 amide bonds. The minimum Gasteiger partial charge on any atom is -0.376 e. The summed E-state index contributed by atoms with van der Waals surface area (Å²) in [5, 5.41) is 13.2. The summed E-state index contributed by atoms with van der Waals surface area (Å²) in [6, 6.07) is 15.1. The summed E-state index contributed by atoms with van der Waals surface area (Å²) < 4.78 is 4.96. The van der Waals surface area contributed by atoms with Crippen molar-refractivity contribution in [2.45, 2.75) is 24.5 Å². The first-order valence-electron chi connectivity index (χ1n) is 11.3. The second-order valence-electron chi connectivity index (χ2n) is 9.01. The summed E-state index contributed by atoms with van der Waals surface area (Å²) in [4.78, 5) is 41.0. The molecule has 2 N–H and O–H groups in total. The molecular weight excluding hydrogens is 422 g/mol. The van der Waals surface area contributed by atoms with E-state index >= 15 is 0 Å². The molecule has 2 saturated heterocycles. The minimum absolute atomic E-state index is 0.0332. The number of nitrogens with zero attached hydrogens (tertiary/aromatic N) is 2. The fraction of sp³-hybridized carbons (Fsp3) is 0.400. The van der Waals surface area contributed by atoms with E-state index in [4.69, 9.17) is 4.74 Å². The number of nitrogens with one attached hydrogen (secondary N) is 1. The Bertz CT molecular complexity index is 1070. The number of aliphatic hydroxyl groups is 1. The van der Waals surface area contributed by atoms with Gasteiger partial charge in [-0.3, -0.25) is 14.4 Å². The Kier molecular flexibility index (Phi) is 5.64. The third-order valence-corrected chi connectivity index (χ3v) is 6.44. The lowest BCUT2D eigenvalue weighted by Crippen LogP contribution is -2.64. The molecule has 2 aromatic rings. The van der Waals surface area contributed by atoms with E-state index in [1.807, 2.05) is 30.3 Å². The van der Waals surface area contributed by atoms with Gasteiger partial charge in [-0.25, -0.2) is 0 Å². The molecule has 1 saturated carbocycles. The monoisotopic (exact) mass is 449 g/mol. The average molecular weight is 450 g/mol. The van der Waals surface area contributed by atoms with Gasteiger partial charge >= 0.3 is 0 Å². The first-order valence-corrected chi connectivity index (χ1v) is 11.3. The summed E-state index contributed by atoms with van der Waals surface area (Å²) in [6.07, 6.45) is 2.09. The predicted molar refractivity (Wildman–Crippen MR) is 121 cm³/mol. The van der Waals surface area contributed by atoms with Crippen molar-refractivity contribution in [2.75, 3.05) is 39.4 Å². The van der Waals surface area contributed by atoms with Gasteiger partial charge in [-0.05, 0) is 48.2 Å². The summed E-state index contributed by atoms with van der Waals surface area (Å²) in [7, 11) is 0. The third-order valence-electron chi connectivity index (χ3n) is 6.44. The molecule has 0 atom stereocenters. The van der Waals surface area contributed by atoms with E-state index in [9.17, 15) is 19.5 Å². The first kappa shape index (κ1) is 21.6. The van der Waals surface area contributed by atoms with Crippen LogP contribution in [0.1, 0.15) is 33.6 Å². The molecule has 0 bridgehead atoms. The van der Waals surface area contributed by atoms with E-state index < -0.39 is 5.60 Å². The van der Waals surface area contributed by atoms with Crippen molar-refractivity contribution in [1.29, 1.82) is 0 Å². The molecular formula is C25H27N3O5. The molecule has 33 heavy (non-hydrogen) atoms. The Labute approximate surface area is 192 Å². The van der Waals surface area contributed by atoms with Crippen LogP contribution in [0.5, 0.6) is 0 Å². The van der Waals surface area contributed by atoms with E-state index in [2.05, 4.69) is 5.32 Å². The van der Waals surface area contributed by atoms with Crippen LogP contribution in [0.3, 0.4) is 0 Å². The van der Waals surface area contributed by atoms with Crippen LogP contribution in [0.25, 0.3) is 11.1 Å². The quantitative estimate of drug-likeness (QED) is 0.717. The smallest absolute Gasteiger partial charge is 0.259 e. The molecule has 172 valence electrons. The molecule has 3 fully saturated rings. The average Bonchev–Trinajstić information content (AvgIpc) is 3.66. The molecule has 0 radical (unpaired) electrons. The van der Waals surface area contributed by atoms with Crippen molar-refractivity contribution in [2.24, 2.45) is 0 Å². The topological polar surface area (TPSA) is 99.2 Å². The van der Waals surface area contributed by atoms with Crippen LogP contribution in [-0.4, -0.2) is 83.7 Å². The zero-order chi connectivity index (χ0) is 23.0. The van der Waals surface area contributed by atoms with Crippen LogP contribution in [0, 0.1) is 0 Å². The van der Waals surface area contributed by atoms with Gasteiger partial charge in [0.25, 0.3) is 17.7 Å². The van der Waals surface area contributed by atoms with E-state index in [0.29, 0.717) is 43.3 Å². The van der Waals surface area contributed by atoms with Crippen LogP contribution in [0.2, 0.25) is 0 Å². The summed E-state index contributed by atoms with van der Waals surface area (Å²) in [5.74, 6) is -0.462. The van der Waals surface area contributed by atoms with E-state index in [0.717, 1.165) is 24.0 Å². The van der Waals surface area contributed by atoms with Gasteiger partial charge in [0.05, 0.1) is 13.2 Å². The van der Waals surface area contributed by atoms with Crippen LogP contribution in [0.15, 0.2) is 48.5 Å². The van der Waals surface area contributed by atoms with Crippen molar-refractivity contribution in [3.8, 4) is 11.1 Å². The third kappa shape index (κ3) is 4.49. The van der Waals surface area contributed by atoms with Gasteiger partial charge < -0.3 is 25.0 Å². The van der Waals surface area contributed by atoms with Gasteiger partial charge in [-0.2, -0.15) is 0 Å². The number of piperazine rings is 1. The molecule has 2 aliphatic heterocycles. The number of hydrogen-bond donors (Lipinski definition) is 2. The lowest BCUT2D eigenvalue weighted by Gasteiger charge is -2.42. The molecule has 0 aromatic heterocycles. The Morgan fingerprint density at radius 1 is 0.879 bits per heavy atom. The maximum absolute atomic E-state index is 12.9. The Morgan fingerprint density at radius 3 is 2.15 bits per heavy atom. The Balaban J connectivity index is 1.20. The first-order chi connectivity index (χ1) is 15.9. The number of rotatable bonds is 5. The van der Waals surface area contributed by atoms with Gasteiger partial charge in [0, 0.05) is 43.3 Å². The number of carbonyl (C=O) groups is 3. The Morgan fingerprint density at radius 2 is 1.55 bits per heavy atom. The standard InChI is InChI=1S/C25H27N3O5/c29-22(26-21-8-9-21)20-3-1-2-19(14-20)17-4-6-18(7-5-17)23(30)27-10-12-28(13-11-27)24(31)25(32)15-33-16-25/h1-7,14,21,32H,8-13,15-16H2,(H,26,29). The van der Waals surface area contributed by atoms with E-state index in [1.165, 1.54) is 0 Å². The lowest BCUT2D eigenvalue weighted by molar-refractivity contribution is -0.201. The fourth-order valence-corrected chi connectivity index (χ4v) is 4.15. The van der Waals surface area contributed by atoms with Gasteiger partial charge in [0.2, 0.25) is 0 Å². The summed E-state index contributed by atoms with van der Waals surface area (Å²) >= 11 is 0. The fourth-order valence-electron chi connectivity index (χ4n) is 4.15.